The van der Waals surface area contributed by atoms with Crippen LogP contribution in [-0.4, -0.2) is 4.67 Å². The maximum Gasteiger partial charge on any atom is 0.204 e. The van der Waals surface area contributed by atoms with Crippen molar-refractivity contribution in [1.82, 2.24) is 4.67 Å². The highest BCUT2D eigenvalue weighted by atomic mass is 31.2. The fourth-order valence-electron chi connectivity index (χ4n) is 5.76. The molecule has 6 rings (SSSR count). The predicted molar refractivity (Wildman–Crippen MR) is 149 cm³/mol. The summed E-state index contributed by atoms with van der Waals surface area (Å²) in [5, 5.41) is 2.01. The van der Waals surface area contributed by atoms with Gasteiger partial charge in [-0.2, -0.15) is 0 Å². The number of fused-ring (bicyclic) bond motifs is 1. The van der Waals surface area contributed by atoms with Crippen molar-refractivity contribution >= 4 is 12.6 Å². The first-order chi connectivity index (χ1) is 17.7. The van der Waals surface area contributed by atoms with Crippen molar-refractivity contribution in [2.45, 2.75) is 19.0 Å². The molecule has 0 spiro atoms. The van der Waals surface area contributed by atoms with Gasteiger partial charge in [-0.3, -0.25) is 4.57 Å². The molecule has 1 heterocycles. The number of hydrogen-bond donors (Lipinski definition) is 0. The molecule has 0 N–H and O–H groups in total. The highest BCUT2D eigenvalue weighted by Crippen LogP contribution is 2.71. The van der Waals surface area contributed by atoms with Gasteiger partial charge in [0, 0.05) is 23.1 Å². The van der Waals surface area contributed by atoms with E-state index in [4.69, 9.17) is 0 Å². The first-order valence-electron chi connectivity index (χ1n) is 12.7. The Morgan fingerprint density at radius 1 is 0.639 bits per heavy atom. The molecule has 2 nitrogen and oxygen atoms in total. The van der Waals surface area contributed by atoms with Crippen LogP contribution in [0.3, 0.4) is 0 Å². The molecule has 3 heteroatoms. The average molecular weight is 488 g/mol. The van der Waals surface area contributed by atoms with Crippen LogP contribution >= 0.6 is 7.29 Å². The van der Waals surface area contributed by atoms with Gasteiger partial charge >= 0.3 is 0 Å². The van der Waals surface area contributed by atoms with Crippen molar-refractivity contribution in [3.63, 3.8) is 0 Å². The van der Waals surface area contributed by atoms with Crippen LogP contribution in [0, 0.1) is 11.8 Å². The Labute approximate surface area is 214 Å². The van der Waals surface area contributed by atoms with E-state index in [0.717, 1.165) is 17.0 Å². The molecule has 1 saturated heterocycles. The Kier molecular flexibility index (Phi) is 6.32. The lowest BCUT2D eigenvalue weighted by Gasteiger charge is -2.31. The lowest BCUT2D eigenvalue weighted by molar-refractivity contribution is 0.314. The third-order valence-electron chi connectivity index (χ3n) is 7.41. The molecule has 36 heavy (non-hydrogen) atoms. The van der Waals surface area contributed by atoms with Crippen LogP contribution in [0.1, 0.15) is 22.7 Å². The minimum absolute atomic E-state index is 0.0117. The molecule has 0 radical (unpaired) electrons. The van der Waals surface area contributed by atoms with E-state index >= 15 is 4.57 Å². The molecule has 4 aromatic carbocycles. The van der Waals surface area contributed by atoms with Gasteiger partial charge in [-0.1, -0.05) is 127 Å². The van der Waals surface area contributed by atoms with Gasteiger partial charge in [0.2, 0.25) is 7.29 Å². The van der Waals surface area contributed by atoms with Crippen molar-refractivity contribution in [3.05, 3.63) is 162 Å². The molecular weight excluding hydrogens is 457 g/mol. The van der Waals surface area contributed by atoms with Gasteiger partial charge in [-0.05, 0) is 41.2 Å². The molecule has 0 aromatic heterocycles. The summed E-state index contributed by atoms with van der Waals surface area (Å²) in [6.07, 6.45) is 7.91. The minimum Gasteiger partial charge on any atom is -0.297 e. The molecule has 1 aliphatic carbocycles. The molecule has 4 aromatic rings. The normalized spacial score (nSPS) is 25.3. The van der Waals surface area contributed by atoms with Gasteiger partial charge in [-0.25, -0.2) is 4.67 Å². The molecule has 1 fully saturated rings. The molecule has 1 unspecified atom stereocenters. The van der Waals surface area contributed by atoms with Crippen molar-refractivity contribution in [2.75, 3.05) is 0 Å². The van der Waals surface area contributed by atoms with Gasteiger partial charge in [-0.15, -0.1) is 0 Å². The summed E-state index contributed by atoms with van der Waals surface area (Å²) in [4.78, 5) is 0. The van der Waals surface area contributed by atoms with Crippen molar-refractivity contribution in [2.24, 2.45) is 11.8 Å². The largest absolute Gasteiger partial charge is 0.297 e. The first kappa shape index (κ1) is 23.0. The van der Waals surface area contributed by atoms with E-state index in [-0.39, 0.29) is 17.9 Å². The highest BCUT2D eigenvalue weighted by Gasteiger charge is 2.53. The smallest absolute Gasteiger partial charge is 0.204 e. The van der Waals surface area contributed by atoms with Crippen LogP contribution in [0.25, 0.3) is 0 Å². The van der Waals surface area contributed by atoms with Gasteiger partial charge in [0.25, 0.3) is 0 Å². The standard InChI is InChI=1S/C33H30NOP/c35-36(30-19-11-4-12-20-30)32-24-28(23-26-13-5-1-6-14-26)21-22-31(32)33(29-17-9-3-10-18-29)34(36)25-27-15-7-2-8-16-27/h1-22,24,28,31,33H,23,25H2/t28-,31-,33+,36?/m1/s1. The second-order valence-corrected chi connectivity index (χ2v) is 12.4. The summed E-state index contributed by atoms with van der Waals surface area (Å²) < 4.78 is 17.8. The average Bonchev–Trinajstić information content (AvgIpc) is 3.19. The number of benzene rings is 4. The highest BCUT2D eigenvalue weighted by molar-refractivity contribution is 7.73. The summed E-state index contributed by atoms with van der Waals surface area (Å²) in [6, 6.07) is 41.8. The monoisotopic (exact) mass is 487 g/mol. The van der Waals surface area contributed by atoms with Gasteiger partial charge in [0.05, 0.1) is 6.04 Å². The maximum absolute atomic E-state index is 15.5. The van der Waals surface area contributed by atoms with Gasteiger partial charge in [0.1, 0.15) is 0 Å². The minimum atomic E-state index is -3.05. The zero-order chi connectivity index (χ0) is 24.4. The fourth-order valence-corrected chi connectivity index (χ4v) is 9.25. The van der Waals surface area contributed by atoms with E-state index in [1.165, 1.54) is 16.7 Å². The van der Waals surface area contributed by atoms with Crippen LogP contribution in [0.4, 0.5) is 0 Å². The topological polar surface area (TPSA) is 20.3 Å². The molecule has 4 atom stereocenters. The van der Waals surface area contributed by atoms with Crippen molar-refractivity contribution in [1.29, 1.82) is 0 Å². The van der Waals surface area contributed by atoms with Gasteiger partial charge < -0.3 is 0 Å². The Morgan fingerprint density at radius 2 is 1.19 bits per heavy atom. The summed E-state index contributed by atoms with van der Waals surface area (Å²) in [6.45, 7) is 0.637. The summed E-state index contributed by atoms with van der Waals surface area (Å²) >= 11 is 0. The third-order valence-corrected chi connectivity index (χ3v) is 10.7. The zero-order valence-corrected chi connectivity index (χ0v) is 21.1. The third kappa shape index (κ3) is 4.22. The number of rotatable bonds is 6. The molecule has 0 saturated carbocycles. The van der Waals surface area contributed by atoms with E-state index in [0.29, 0.717) is 6.54 Å². The molecule has 0 bridgehead atoms. The second-order valence-electron chi connectivity index (χ2n) is 9.71. The predicted octanol–water partition coefficient (Wildman–Crippen LogP) is 7.78. The lowest BCUT2D eigenvalue weighted by Crippen LogP contribution is -2.25. The fraction of sp³-hybridized carbons (Fsp3) is 0.152. The number of allylic oxidation sites excluding steroid dienone is 2. The van der Waals surface area contributed by atoms with E-state index in [9.17, 15) is 0 Å². The van der Waals surface area contributed by atoms with Crippen LogP contribution < -0.4 is 5.30 Å². The number of hydrogen-bond acceptors (Lipinski definition) is 1. The Balaban J connectivity index is 1.50. The van der Waals surface area contributed by atoms with E-state index in [1.807, 2.05) is 24.3 Å². The number of nitrogens with zero attached hydrogens (tertiary/aromatic N) is 1. The van der Waals surface area contributed by atoms with E-state index in [1.54, 1.807) is 0 Å². The van der Waals surface area contributed by atoms with Gasteiger partial charge in [0.15, 0.2) is 0 Å². The molecule has 2 aliphatic rings. The molecule has 0 amide bonds. The van der Waals surface area contributed by atoms with Crippen molar-refractivity contribution in [3.8, 4) is 0 Å². The van der Waals surface area contributed by atoms with E-state index < -0.39 is 7.29 Å². The SMILES string of the molecule is O=P1(c2ccccc2)C2=C[C@@H](Cc3ccccc3)C=C[C@H]2[C@H](c2ccccc2)N1Cc1ccccc1. The Morgan fingerprint density at radius 3 is 1.83 bits per heavy atom. The summed E-state index contributed by atoms with van der Waals surface area (Å²) in [5.41, 5.74) is 3.69. The maximum atomic E-state index is 15.5. The zero-order valence-electron chi connectivity index (χ0n) is 20.2. The molecule has 178 valence electrons. The van der Waals surface area contributed by atoms with Crippen LogP contribution in [0.5, 0.6) is 0 Å². The van der Waals surface area contributed by atoms with Crippen LogP contribution in [0.2, 0.25) is 0 Å². The Bertz CT molecular complexity index is 1410. The van der Waals surface area contributed by atoms with Crippen LogP contribution in [0.15, 0.2) is 145 Å². The Hall–Kier alpha value is -3.45. The molecular formula is C33H30NOP. The summed E-state index contributed by atoms with van der Waals surface area (Å²) in [5.74, 6) is 0.304. The lowest BCUT2D eigenvalue weighted by atomic mass is 9.85. The van der Waals surface area contributed by atoms with E-state index in [2.05, 4.69) is 120 Å². The summed E-state index contributed by atoms with van der Waals surface area (Å²) in [7, 11) is -3.05. The van der Waals surface area contributed by atoms with Crippen molar-refractivity contribution < 1.29 is 4.57 Å². The van der Waals surface area contributed by atoms with Crippen LogP contribution in [-0.2, 0) is 17.5 Å². The second kappa shape index (κ2) is 9.90. The first-order valence-corrected chi connectivity index (χ1v) is 14.4. The molecule has 1 aliphatic heterocycles. The quantitative estimate of drug-likeness (QED) is 0.204.